The maximum absolute atomic E-state index is 11.5. The molecule has 1 aliphatic carbocycles. The van der Waals surface area contributed by atoms with Crippen LogP contribution in [0.2, 0.25) is 0 Å². The van der Waals surface area contributed by atoms with Crippen LogP contribution in [-0.4, -0.2) is 31.8 Å². The molecular formula is C12H23NO3. The van der Waals surface area contributed by atoms with Gasteiger partial charge in [-0.1, -0.05) is 0 Å². The summed E-state index contributed by atoms with van der Waals surface area (Å²) in [6, 6.07) is 0. The minimum Gasteiger partial charge on any atom is -0.462 e. The summed E-state index contributed by atoms with van der Waals surface area (Å²) in [6.45, 7) is 0.641. The van der Waals surface area contributed by atoms with Crippen molar-refractivity contribution >= 4 is 5.97 Å². The third-order valence-electron chi connectivity index (χ3n) is 3.04. The molecule has 0 heterocycles. The second-order valence-electron chi connectivity index (χ2n) is 4.38. The van der Waals surface area contributed by atoms with Gasteiger partial charge in [-0.25, -0.2) is 0 Å². The second-order valence-corrected chi connectivity index (χ2v) is 4.38. The lowest BCUT2D eigenvalue weighted by Gasteiger charge is -2.27. The zero-order valence-electron chi connectivity index (χ0n) is 10.1. The monoisotopic (exact) mass is 229 g/mol. The molecule has 2 atom stereocenters. The first-order chi connectivity index (χ1) is 7.76. The van der Waals surface area contributed by atoms with Gasteiger partial charge in [0.25, 0.3) is 0 Å². The Balaban J connectivity index is 2.17. The fraction of sp³-hybridized carbons (Fsp3) is 0.917. The topological polar surface area (TPSA) is 61.5 Å². The molecule has 94 valence electrons. The Morgan fingerprint density at radius 3 is 2.75 bits per heavy atom. The molecule has 0 aromatic carbocycles. The minimum atomic E-state index is -0.0878. The van der Waals surface area contributed by atoms with Crippen LogP contribution in [0.4, 0.5) is 0 Å². The molecule has 16 heavy (non-hydrogen) atoms. The third kappa shape index (κ3) is 4.94. The lowest BCUT2D eigenvalue weighted by atomic mass is 9.95. The Labute approximate surface area is 97.5 Å². The van der Waals surface area contributed by atoms with Crippen molar-refractivity contribution in [1.82, 2.24) is 0 Å². The predicted octanol–water partition coefficient (Wildman–Crippen LogP) is 1.62. The zero-order valence-corrected chi connectivity index (χ0v) is 10.1. The molecule has 0 amide bonds. The largest absolute Gasteiger partial charge is 0.462 e. The molecule has 1 rings (SSSR count). The molecular weight excluding hydrogens is 206 g/mol. The van der Waals surface area contributed by atoms with Gasteiger partial charge in [-0.2, -0.15) is 0 Å². The zero-order chi connectivity index (χ0) is 11.8. The van der Waals surface area contributed by atoms with E-state index in [2.05, 4.69) is 0 Å². The molecule has 1 saturated carbocycles. The lowest BCUT2D eigenvalue weighted by molar-refractivity contribution is -0.152. The number of esters is 1. The van der Waals surface area contributed by atoms with E-state index in [9.17, 15) is 4.79 Å². The van der Waals surface area contributed by atoms with Gasteiger partial charge in [0.15, 0.2) is 0 Å². The van der Waals surface area contributed by atoms with E-state index >= 15 is 0 Å². The van der Waals surface area contributed by atoms with Gasteiger partial charge in [-0.05, 0) is 38.6 Å². The van der Waals surface area contributed by atoms with Crippen LogP contribution in [0, 0.1) is 0 Å². The van der Waals surface area contributed by atoms with Crippen molar-refractivity contribution in [1.29, 1.82) is 0 Å². The lowest BCUT2D eigenvalue weighted by Crippen LogP contribution is -2.29. The molecule has 2 unspecified atom stereocenters. The van der Waals surface area contributed by atoms with Gasteiger partial charge in [0, 0.05) is 20.0 Å². The normalized spacial score (nSPS) is 25.4. The highest BCUT2D eigenvalue weighted by Crippen LogP contribution is 2.23. The van der Waals surface area contributed by atoms with E-state index in [1.807, 2.05) is 0 Å². The van der Waals surface area contributed by atoms with Crippen LogP contribution in [0.15, 0.2) is 0 Å². The van der Waals surface area contributed by atoms with Crippen molar-refractivity contribution in [2.24, 2.45) is 5.73 Å². The minimum absolute atomic E-state index is 0.0593. The maximum Gasteiger partial charge on any atom is 0.306 e. The number of nitrogens with two attached hydrogens (primary N) is 1. The van der Waals surface area contributed by atoms with Crippen LogP contribution in [0.25, 0.3) is 0 Å². The molecule has 0 aromatic rings. The van der Waals surface area contributed by atoms with Gasteiger partial charge in [0.2, 0.25) is 0 Å². The number of carbonyl (C=O) groups excluding carboxylic acids is 1. The molecule has 0 aliphatic heterocycles. The average molecular weight is 229 g/mol. The molecule has 2 N–H and O–H groups in total. The number of hydrogen-bond donors (Lipinski definition) is 1. The number of ether oxygens (including phenoxy) is 2. The highest BCUT2D eigenvalue weighted by atomic mass is 16.5. The molecule has 0 radical (unpaired) electrons. The van der Waals surface area contributed by atoms with Gasteiger partial charge in [0.05, 0.1) is 6.10 Å². The summed E-state index contributed by atoms with van der Waals surface area (Å²) in [7, 11) is 1.72. The average Bonchev–Trinajstić information content (AvgIpc) is 2.29. The van der Waals surface area contributed by atoms with Crippen LogP contribution >= 0.6 is 0 Å². The second kappa shape index (κ2) is 7.63. The summed E-state index contributed by atoms with van der Waals surface area (Å²) >= 11 is 0. The third-order valence-corrected chi connectivity index (χ3v) is 3.04. The maximum atomic E-state index is 11.5. The standard InChI is InChI=1S/C12H23NO3/c1-15-10-5-4-6-11(9-10)16-12(14)7-2-3-8-13/h10-11H,2-9,13H2,1H3. The fourth-order valence-electron chi connectivity index (χ4n) is 2.08. The van der Waals surface area contributed by atoms with Crippen LogP contribution in [-0.2, 0) is 14.3 Å². The van der Waals surface area contributed by atoms with Crippen molar-refractivity contribution in [3.8, 4) is 0 Å². The Bertz CT molecular complexity index is 208. The number of unbranched alkanes of at least 4 members (excludes halogenated alkanes) is 1. The molecule has 0 bridgehead atoms. The Kier molecular flexibility index (Phi) is 6.42. The fourth-order valence-corrected chi connectivity index (χ4v) is 2.08. The van der Waals surface area contributed by atoms with E-state index in [1.54, 1.807) is 7.11 Å². The summed E-state index contributed by atoms with van der Waals surface area (Å²) < 4.78 is 10.7. The van der Waals surface area contributed by atoms with E-state index in [4.69, 9.17) is 15.2 Å². The van der Waals surface area contributed by atoms with Crippen LogP contribution in [0.3, 0.4) is 0 Å². The molecule has 0 spiro atoms. The molecule has 4 heteroatoms. The highest BCUT2D eigenvalue weighted by molar-refractivity contribution is 5.69. The summed E-state index contributed by atoms with van der Waals surface area (Å²) in [5.74, 6) is -0.0878. The van der Waals surface area contributed by atoms with E-state index in [-0.39, 0.29) is 18.2 Å². The predicted molar refractivity (Wildman–Crippen MR) is 62.1 cm³/mol. The van der Waals surface area contributed by atoms with Gasteiger partial charge in [-0.3, -0.25) is 4.79 Å². The number of methoxy groups -OCH3 is 1. The van der Waals surface area contributed by atoms with E-state index in [0.717, 1.165) is 38.5 Å². The molecule has 0 saturated heterocycles. The van der Waals surface area contributed by atoms with Crippen molar-refractivity contribution in [3.05, 3.63) is 0 Å². The quantitative estimate of drug-likeness (QED) is 0.555. The Morgan fingerprint density at radius 2 is 2.06 bits per heavy atom. The Hall–Kier alpha value is -0.610. The highest BCUT2D eigenvalue weighted by Gasteiger charge is 2.24. The molecule has 0 aromatic heterocycles. The van der Waals surface area contributed by atoms with Crippen molar-refractivity contribution < 1.29 is 14.3 Å². The van der Waals surface area contributed by atoms with E-state index in [1.165, 1.54) is 0 Å². The summed E-state index contributed by atoms with van der Waals surface area (Å²) in [5.41, 5.74) is 5.37. The van der Waals surface area contributed by atoms with Crippen LogP contribution in [0.5, 0.6) is 0 Å². The summed E-state index contributed by atoms with van der Waals surface area (Å²) in [6.07, 6.45) is 6.51. The van der Waals surface area contributed by atoms with E-state index < -0.39 is 0 Å². The van der Waals surface area contributed by atoms with Gasteiger partial charge in [0.1, 0.15) is 6.10 Å². The van der Waals surface area contributed by atoms with Crippen molar-refractivity contribution in [2.75, 3.05) is 13.7 Å². The molecule has 4 nitrogen and oxygen atoms in total. The first-order valence-corrected chi connectivity index (χ1v) is 6.18. The summed E-state index contributed by atoms with van der Waals surface area (Å²) in [5, 5.41) is 0. The molecule has 1 fully saturated rings. The van der Waals surface area contributed by atoms with Crippen LogP contribution < -0.4 is 5.73 Å². The van der Waals surface area contributed by atoms with Gasteiger partial charge in [-0.15, -0.1) is 0 Å². The molecule has 1 aliphatic rings. The van der Waals surface area contributed by atoms with Gasteiger partial charge < -0.3 is 15.2 Å². The number of hydrogen-bond acceptors (Lipinski definition) is 4. The number of carbonyl (C=O) groups is 1. The van der Waals surface area contributed by atoms with Crippen LogP contribution in [0.1, 0.15) is 44.9 Å². The smallest absolute Gasteiger partial charge is 0.306 e. The first-order valence-electron chi connectivity index (χ1n) is 6.18. The van der Waals surface area contributed by atoms with Gasteiger partial charge >= 0.3 is 5.97 Å². The number of rotatable bonds is 6. The van der Waals surface area contributed by atoms with E-state index in [0.29, 0.717) is 13.0 Å². The Morgan fingerprint density at radius 1 is 1.31 bits per heavy atom. The summed E-state index contributed by atoms with van der Waals surface area (Å²) in [4.78, 5) is 11.5. The SMILES string of the molecule is COC1CCCC(OC(=O)CCCCN)C1. The van der Waals surface area contributed by atoms with Crippen molar-refractivity contribution in [3.63, 3.8) is 0 Å². The van der Waals surface area contributed by atoms with Crippen molar-refractivity contribution in [2.45, 2.75) is 57.2 Å². The first kappa shape index (κ1) is 13.5.